The highest BCUT2D eigenvalue weighted by Gasteiger charge is 2.31. The average Bonchev–Trinajstić information content (AvgIpc) is 2.75. The molecular weight excluding hydrogens is 193 g/mol. The van der Waals surface area contributed by atoms with Gasteiger partial charge in [0.15, 0.2) is 0 Å². The minimum atomic E-state index is -4.18. The summed E-state index contributed by atoms with van der Waals surface area (Å²) in [7, 11) is 0. The fourth-order valence-corrected chi connectivity index (χ4v) is 1.56. The van der Waals surface area contributed by atoms with Crippen molar-refractivity contribution in [1.29, 1.82) is 0 Å². The highest BCUT2D eigenvalue weighted by atomic mass is 19.4. The fraction of sp³-hybridized carbons (Fsp3) is 0.667. The SMILES string of the molecule is Cc1cn(CC(F)(F)F)nc1C1CC1. The van der Waals surface area contributed by atoms with Gasteiger partial charge in [-0.15, -0.1) is 0 Å². The van der Waals surface area contributed by atoms with E-state index in [-0.39, 0.29) is 0 Å². The third-order valence-corrected chi connectivity index (χ3v) is 2.29. The van der Waals surface area contributed by atoms with Crippen LogP contribution in [0.25, 0.3) is 0 Å². The zero-order chi connectivity index (χ0) is 10.3. The van der Waals surface area contributed by atoms with Crippen molar-refractivity contribution in [2.24, 2.45) is 0 Å². The van der Waals surface area contributed by atoms with Crippen molar-refractivity contribution in [2.75, 3.05) is 0 Å². The van der Waals surface area contributed by atoms with Crippen LogP contribution in [0.4, 0.5) is 13.2 Å². The van der Waals surface area contributed by atoms with Crippen molar-refractivity contribution in [3.8, 4) is 0 Å². The first-order valence-electron chi connectivity index (χ1n) is 4.56. The first-order chi connectivity index (χ1) is 6.46. The lowest BCUT2D eigenvalue weighted by Crippen LogP contribution is -2.18. The Labute approximate surface area is 79.7 Å². The Morgan fingerprint density at radius 1 is 1.50 bits per heavy atom. The molecular formula is C9H11F3N2. The van der Waals surface area contributed by atoms with Gasteiger partial charge in [-0.05, 0) is 25.3 Å². The maximum absolute atomic E-state index is 12.0. The van der Waals surface area contributed by atoms with Gasteiger partial charge in [0.2, 0.25) is 0 Å². The predicted octanol–water partition coefficient (Wildman–Crippen LogP) is 2.63. The van der Waals surface area contributed by atoms with E-state index in [9.17, 15) is 13.2 Å². The van der Waals surface area contributed by atoms with E-state index < -0.39 is 12.7 Å². The molecule has 78 valence electrons. The second-order valence-electron chi connectivity index (χ2n) is 3.78. The molecule has 1 aliphatic carbocycles. The first-order valence-corrected chi connectivity index (χ1v) is 4.56. The summed E-state index contributed by atoms with van der Waals surface area (Å²) in [6, 6.07) is 0. The second-order valence-corrected chi connectivity index (χ2v) is 3.78. The summed E-state index contributed by atoms with van der Waals surface area (Å²) in [5.74, 6) is 0.407. The molecule has 1 aliphatic rings. The highest BCUT2D eigenvalue weighted by molar-refractivity contribution is 5.23. The van der Waals surface area contributed by atoms with E-state index in [1.165, 1.54) is 6.20 Å². The highest BCUT2D eigenvalue weighted by Crippen LogP contribution is 2.40. The topological polar surface area (TPSA) is 17.8 Å². The number of nitrogens with zero attached hydrogens (tertiary/aromatic N) is 2. The molecule has 0 amide bonds. The van der Waals surface area contributed by atoms with Crippen molar-refractivity contribution >= 4 is 0 Å². The van der Waals surface area contributed by atoms with E-state index in [0.717, 1.165) is 28.8 Å². The number of aryl methyl sites for hydroxylation is 1. The van der Waals surface area contributed by atoms with Crippen molar-refractivity contribution in [2.45, 2.75) is 38.4 Å². The summed E-state index contributed by atoms with van der Waals surface area (Å²) >= 11 is 0. The van der Waals surface area contributed by atoms with E-state index in [1.807, 2.05) is 6.92 Å². The van der Waals surface area contributed by atoms with Gasteiger partial charge in [0.05, 0.1) is 5.69 Å². The molecule has 1 fully saturated rings. The molecule has 14 heavy (non-hydrogen) atoms. The van der Waals surface area contributed by atoms with Crippen LogP contribution in [0.15, 0.2) is 6.20 Å². The molecule has 0 saturated heterocycles. The molecule has 1 heterocycles. The van der Waals surface area contributed by atoms with Crippen LogP contribution in [0, 0.1) is 6.92 Å². The van der Waals surface area contributed by atoms with Gasteiger partial charge in [0.1, 0.15) is 6.54 Å². The normalized spacial score (nSPS) is 17.4. The number of aromatic nitrogens is 2. The number of rotatable bonds is 2. The van der Waals surface area contributed by atoms with E-state index in [1.54, 1.807) is 0 Å². The van der Waals surface area contributed by atoms with Gasteiger partial charge < -0.3 is 0 Å². The standard InChI is InChI=1S/C9H11F3N2/c1-6-4-14(5-9(10,11)12)13-8(6)7-2-3-7/h4,7H,2-3,5H2,1H3. The van der Waals surface area contributed by atoms with Gasteiger partial charge in [0.25, 0.3) is 0 Å². The Morgan fingerprint density at radius 2 is 2.14 bits per heavy atom. The number of hydrogen-bond donors (Lipinski definition) is 0. The minimum absolute atomic E-state index is 0.407. The zero-order valence-electron chi connectivity index (χ0n) is 7.80. The first kappa shape index (κ1) is 9.55. The molecule has 0 aromatic carbocycles. The zero-order valence-corrected chi connectivity index (χ0v) is 7.80. The van der Waals surface area contributed by atoms with Gasteiger partial charge in [-0.25, -0.2) is 0 Å². The van der Waals surface area contributed by atoms with Gasteiger partial charge in [-0.1, -0.05) is 0 Å². The largest absolute Gasteiger partial charge is 0.408 e. The summed E-state index contributed by atoms with van der Waals surface area (Å²) in [5, 5.41) is 3.95. The van der Waals surface area contributed by atoms with Crippen LogP contribution in [0.3, 0.4) is 0 Å². The van der Waals surface area contributed by atoms with Crippen LogP contribution in [0.5, 0.6) is 0 Å². The molecule has 0 aliphatic heterocycles. The Morgan fingerprint density at radius 3 is 2.64 bits per heavy atom. The Bertz CT molecular complexity index is 336. The van der Waals surface area contributed by atoms with Crippen LogP contribution < -0.4 is 0 Å². The summed E-state index contributed by atoms with van der Waals surface area (Å²) in [5.41, 5.74) is 1.71. The quantitative estimate of drug-likeness (QED) is 0.724. The van der Waals surface area contributed by atoms with Crippen molar-refractivity contribution in [3.05, 3.63) is 17.5 Å². The van der Waals surface area contributed by atoms with E-state index in [4.69, 9.17) is 0 Å². The summed E-state index contributed by atoms with van der Waals surface area (Å²) in [4.78, 5) is 0. The molecule has 1 aromatic rings. The van der Waals surface area contributed by atoms with Crippen LogP contribution in [-0.4, -0.2) is 16.0 Å². The molecule has 1 aromatic heterocycles. The van der Waals surface area contributed by atoms with Gasteiger partial charge in [-0.2, -0.15) is 18.3 Å². The van der Waals surface area contributed by atoms with Gasteiger partial charge in [0, 0.05) is 12.1 Å². The van der Waals surface area contributed by atoms with Crippen molar-refractivity contribution in [1.82, 2.24) is 9.78 Å². The molecule has 0 unspecified atom stereocenters. The fourth-order valence-electron chi connectivity index (χ4n) is 1.56. The average molecular weight is 204 g/mol. The third-order valence-electron chi connectivity index (χ3n) is 2.29. The molecule has 0 bridgehead atoms. The molecule has 0 N–H and O–H groups in total. The molecule has 2 nitrogen and oxygen atoms in total. The van der Waals surface area contributed by atoms with Crippen LogP contribution in [0.1, 0.15) is 30.0 Å². The lowest BCUT2D eigenvalue weighted by atomic mass is 10.2. The number of halogens is 3. The molecule has 0 radical (unpaired) electrons. The van der Waals surface area contributed by atoms with Crippen LogP contribution >= 0.6 is 0 Å². The summed E-state index contributed by atoms with van der Waals surface area (Å²) in [6.07, 6.45) is -0.589. The Hall–Kier alpha value is -1.00. The third kappa shape index (κ3) is 2.08. The Kier molecular flexibility index (Phi) is 2.05. The Balaban J connectivity index is 2.15. The predicted molar refractivity (Wildman–Crippen MR) is 45.0 cm³/mol. The lowest BCUT2D eigenvalue weighted by molar-refractivity contribution is -0.142. The van der Waals surface area contributed by atoms with Gasteiger partial charge in [-0.3, -0.25) is 4.68 Å². The van der Waals surface area contributed by atoms with Crippen LogP contribution in [0.2, 0.25) is 0 Å². The lowest BCUT2D eigenvalue weighted by Gasteiger charge is -2.05. The van der Waals surface area contributed by atoms with Crippen molar-refractivity contribution < 1.29 is 13.2 Å². The van der Waals surface area contributed by atoms with E-state index in [0.29, 0.717) is 5.92 Å². The molecule has 0 spiro atoms. The minimum Gasteiger partial charge on any atom is -0.263 e. The van der Waals surface area contributed by atoms with Crippen molar-refractivity contribution in [3.63, 3.8) is 0 Å². The maximum Gasteiger partial charge on any atom is 0.408 e. The van der Waals surface area contributed by atoms with Gasteiger partial charge >= 0.3 is 6.18 Å². The smallest absolute Gasteiger partial charge is 0.263 e. The monoisotopic (exact) mass is 204 g/mol. The van der Waals surface area contributed by atoms with E-state index in [2.05, 4.69) is 5.10 Å². The van der Waals surface area contributed by atoms with Crippen LogP contribution in [-0.2, 0) is 6.54 Å². The molecule has 2 rings (SSSR count). The van der Waals surface area contributed by atoms with E-state index >= 15 is 0 Å². The molecule has 1 saturated carbocycles. The second kappa shape index (κ2) is 3.00. The molecule has 0 atom stereocenters. The maximum atomic E-state index is 12.0. The summed E-state index contributed by atoms with van der Waals surface area (Å²) < 4.78 is 37.1. The molecule has 5 heteroatoms. The number of hydrogen-bond acceptors (Lipinski definition) is 1. The number of alkyl halides is 3. The summed E-state index contributed by atoms with van der Waals surface area (Å²) in [6.45, 7) is 0.827.